The van der Waals surface area contributed by atoms with Crippen molar-refractivity contribution in [1.29, 1.82) is 0 Å². The van der Waals surface area contributed by atoms with Crippen LogP contribution in [0.2, 0.25) is 0 Å². The third-order valence-electron chi connectivity index (χ3n) is 4.79. The molecular formula is C18H26N6O2. The third kappa shape index (κ3) is 4.12. The molecule has 8 nitrogen and oxygen atoms in total. The number of aliphatic imine (C=N–C) groups is 1. The normalized spacial score (nSPS) is 16.1. The maximum atomic E-state index is 11.6. The van der Waals surface area contributed by atoms with E-state index in [2.05, 4.69) is 25.4 Å². The molecule has 8 heteroatoms. The van der Waals surface area contributed by atoms with Crippen LogP contribution in [0, 0.1) is 5.92 Å². The van der Waals surface area contributed by atoms with Crippen LogP contribution >= 0.6 is 0 Å². The molecule has 3 rings (SSSR count). The maximum absolute atomic E-state index is 11.6. The van der Waals surface area contributed by atoms with Crippen molar-refractivity contribution in [2.45, 2.75) is 25.7 Å². The number of esters is 1. The maximum Gasteiger partial charge on any atom is 0.308 e. The molecule has 0 radical (unpaired) electrons. The lowest BCUT2D eigenvalue weighted by atomic mass is 9.97. The Balaban J connectivity index is 1.44. The molecule has 0 aliphatic carbocycles. The van der Waals surface area contributed by atoms with Crippen LogP contribution in [0.3, 0.4) is 0 Å². The van der Waals surface area contributed by atoms with Gasteiger partial charge in [0.1, 0.15) is 5.82 Å². The Kier molecular flexibility index (Phi) is 6.04. The molecule has 0 bridgehead atoms. The number of carbonyl (C=O) groups excluding carboxylic acids is 1. The summed E-state index contributed by atoms with van der Waals surface area (Å²) in [4.78, 5) is 18.2. The van der Waals surface area contributed by atoms with Gasteiger partial charge >= 0.3 is 5.97 Å². The number of aryl methyl sites for hydroxylation is 1. The minimum Gasteiger partial charge on any atom is -0.469 e. The van der Waals surface area contributed by atoms with Gasteiger partial charge in [-0.1, -0.05) is 6.07 Å². The van der Waals surface area contributed by atoms with Crippen LogP contribution in [0.1, 0.15) is 25.1 Å². The highest BCUT2D eigenvalue weighted by atomic mass is 16.5. The number of methoxy groups -OCH3 is 1. The molecule has 0 amide bonds. The quantitative estimate of drug-likeness (QED) is 0.373. The van der Waals surface area contributed by atoms with E-state index in [0.29, 0.717) is 0 Å². The molecular weight excluding hydrogens is 332 g/mol. The fourth-order valence-electron chi connectivity index (χ4n) is 3.33. The number of fused-ring (bicyclic) bond motifs is 1. The first kappa shape index (κ1) is 18.2. The summed E-state index contributed by atoms with van der Waals surface area (Å²) in [6.07, 6.45) is 5.38. The number of nitrogens with zero attached hydrogens (tertiary/aromatic N) is 5. The topological polar surface area (TPSA) is 84.1 Å². The number of hydrogen-bond donors (Lipinski definition) is 1. The van der Waals surface area contributed by atoms with Gasteiger partial charge in [0.15, 0.2) is 11.6 Å². The van der Waals surface area contributed by atoms with E-state index in [1.54, 1.807) is 7.05 Å². The molecule has 2 aromatic rings. The van der Waals surface area contributed by atoms with Crippen molar-refractivity contribution in [1.82, 2.24) is 24.8 Å². The average Bonchev–Trinajstić information content (AvgIpc) is 3.11. The van der Waals surface area contributed by atoms with Crippen LogP contribution in [-0.4, -0.2) is 65.2 Å². The van der Waals surface area contributed by atoms with Gasteiger partial charge in [-0.25, -0.2) is 0 Å². The zero-order valence-corrected chi connectivity index (χ0v) is 15.4. The molecule has 1 fully saturated rings. The largest absolute Gasteiger partial charge is 0.469 e. The molecule has 1 saturated heterocycles. The Morgan fingerprint density at radius 3 is 2.88 bits per heavy atom. The molecule has 140 valence electrons. The summed E-state index contributed by atoms with van der Waals surface area (Å²) >= 11 is 0. The van der Waals surface area contributed by atoms with Crippen LogP contribution in [0.4, 0.5) is 0 Å². The Labute approximate surface area is 153 Å². The molecule has 0 aromatic carbocycles. The number of hydrogen-bond acceptors (Lipinski definition) is 5. The molecule has 2 aromatic heterocycles. The highest BCUT2D eigenvalue weighted by Crippen LogP contribution is 2.18. The summed E-state index contributed by atoms with van der Waals surface area (Å²) in [5, 5.41) is 11.8. The highest BCUT2D eigenvalue weighted by molar-refractivity contribution is 5.80. The predicted octanol–water partition coefficient (Wildman–Crippen LogP) is 1.12. The summed E-state index contributed by atoms with van der Waals surface area (Å²) in [5.41, 5.74) is 0.875. The standard InChI is InChI=1S/C18H26N6O2/c1-19-18(23-12-8-14(9-13-23)17(25)26-2)20-10-5-7-16-22-21-15-6-3-4-11-24(15)16/h3-4,6,11,14H,5,7-10,12-13H2,1-2H3,(H,19,20). The van der Waals surface area contributed by atoms with Gasteiger partial charge in [0.05, 0.1) is 13.0 Å². The first-order valence-corrected chi connectivity index (χ1v) is 9.05. The van der Waals surface area contributed by atoms with Gasteiger partial charge in [0, 0.05) is 39.3 Å². The summed E-state index contributed by atoms with van der Waals surface area (Å²) in [6.45, 7) is 2.44. The Morgan fingerprint density at radius 2 is 2.15 bits per heavy atom. The zero-order valence-electron chi connectivity index (χ0n) is 15.4. The lowest BCUT2D eigenvalue weighted by molar-refractivity contribution is -0.146. The SMILES string of the molecule is CN=C(NCCCc1nnc2ccccn12)N1CCC(C(=O)OC)CC1. The molecule has 1 N–H and O–H groups in total. The summed E-state index contributed by atoms with van der Waals surface area (Å²) in [5.74, 6) is 1.76. The Hall–Kier alpha value is -2.64. The second-order valence-corrected chi connectivity index (χ2v) is 6.41. The van der Waals surface area contributed by atoms with Crippen molar-refractivity contribution in [3.63, 3.8) is 0 Å². The molecule has 0 atom stereocenters. The minimum absolute atomic E-state index is 0.00979. The molecule has 3 heterocycles. The van der Waals surface area contributed by atoms with Crippen molar-refractivity contribution < 1.29 is 9.53 Å². The van der Waals surface area contributed by atoms with Gasteiger partial charge in [-0.15, -0.1) is 10.2 Å². The van der Waals surface area contributed by atoms with E-state index in [-0.39, 0.29) is 11.9 Å². The average molecular weight is 358 g/mol. The predicted molar refractivity (Wildman–Crippen MR) is 99.0 cm³/mol. The van der Waals surface area contributed by atoms with Crippen molar-refractivity contribution in [3.05, 3.63) is 30.2 Å². The Bertz CT molecular complexity index is 764. The summed E-state index contributed by atoms with van der Waals surface area (Å²) in [6, 6.07) is 5.90. The van der Waals surface area contributed by atoms with E-state index in [1.807, 2.05) is 28.8 Å². The van der Waals surface area contributed by atoms with E-state index in [1.165, 1.54) is 7.11 Å². The van der Waals surface area contributed by atoms with Crippen molar-refractivity contribution in [3.8, 4) is 0 Å². The molecule has 0 saturated carbocycles. The first-order valence-electron chi connectivity index (χ1n) is 9.05. The number of pyridine rings is 1. The number of piperidine rings is 1. The Morgan fingerprint density at radius 1 is 1.35 bits per heavy atom. The van der Waals surface area contributed by atoms with Crippen LogP contribution in [-0.2, 0) is 16.0 Å². The summed E-state index contributed by atoms with van der Waals surface area (Å²) in [7, 11) is 3.24. The second kappa shape index (κ2) is 8.64. The van der Waals surface area contributed by atoms with E-state index in [4.69, 9.17) is 4.74 Å². The van der Waals surface area contributed by atoms with E-state index in [9.17, 15) is 4.79 Å². The first-order chi connectivity index (χ1) is 12.7. The number of nitrogens with one attached hydrogen (secondary N) is 1. The minimum atomic E-state index is -0.104. The number of rotatable bonds is 5. The zero-order chi connectivity index (χ0) is 18.4. The third-order valence-corrected chi connectivity index (χ3v) is 4.79. The van der Waals surface area contributed by atoms with E-state index in [0.717, 1.165) is 62.7 Å². The van der Waals surface area contributed by atoms with Crippen LogP contribution in [0.25, 0.3) is 5.65 Å². The molecule has 1 aliphatic rings. The summed E-state index contributed by atoms with van der Waals surface area (Å²) < 4.78 is 6.86. The molecule has 0 spiro atoms. The van der Waals surface area contributed by atoms with E-state index >= 15 is 0 Å². The fraction of sp³-hybridized carbons (Fsp3) is 0.556. The van der Waals surface area contributed by atoms with Gasteiger partial charge < -0.3 is 15.0 Å². The number of guanidine groups is 1. The van der Waals surface area contributed by atoms with Crippen molar-refractivity contribution in [2.24, 2.45) is 10.9 Å². The smallest absolute Gasteiger partial charge is 0.308 e. The van der Waals surface area contributed by atoms with Gasteiger partial charge in [0.2, 0.25) is 0 Å². The van der Waals surface area contributed by atoms with Crippen molar-refractivity contribution in [2.75, 3.05) is 33.8 Å². The van der Waals surface area contributed by atoms with Gasteiger partial charge in [-0.3, -0.25) is 14.2 Å². The fourth-order valence-corrected chi connectivity index (χ4v) is 3.33. The number of carbonyl (C=O) groups is 1. The van der Waals surface area contributed by atoms with Gasteiger partial charge in [-0.05, 0) is 31.4 Å². The number of ether oxygens (including phenoxy) is 1. The second-order valence-electron chi connectivity index (χ2n) is 6.41. The molecule has 1 aliphatic heterocycles. The van der Waals surface area contributed by atoms with E-state index < -0.39 is 0 Å². The number of aromatic nitrogens is 3. The van der Waals surface area contributed by atoms with Crippen molar-refractivity contribution >= 4 is 17.6 Å². The van der Waals surface area contributed by atoms with Gasteiger partial charge in [-0.2, -0.15) is 0 Å². The van der Waals surface area contributed by atoms with Crippen LogP contribution < -0.4 is 5.32 Å². The lowest BCUT2D eigenvalue weighted by Crippen LogP contribution is -2.46. The van der Waals surface area contributed by atoms with Crippen LogP contribution in [0.15, 0.2) is 29.4 Å². The lowest BCUT2D eigenvalue weighted by Gasteiger charge is -2.33. The van der Waals surface area contributed by atoms with Crippen LogP contribution in [0.5, 0.6) is 0 Å². The monoisotopic (exact) mass is 358 g/mol. The number of likely N-dealkylation sites (tertiary alicyclic amines) is 1. The van der Waals surface area contributed by atoms with Gasteiger partial charge in [0.25, 0.3) is 0 Å². The molecule has 0 unspecified atom stereocenters. The highest BCUT2D eigenvalue weighted by Gasteiger charge is 2.26. The molecule has 26 heavy (non-hydrogen) atoms.